The highest BCUT2D eigenvalue weighted by Gasteiger charge is 2.07. The van der Waals surface area contributed by atoms with Gasteiger partial charge >= 0.3 is 0 Å². The first kappa shape index (κ1) is 17.3. The smallest absolute Gasteiger partial charge is 0.220 e. The lowest BCUT2D eigenvalue weighted by Gasteiger charge is -2.05. The van der Waals surface area contributed by atoms with E-state index in [2.05, 4.69) is 46.5 Å². The van der Waals surface area contributed by atoms with Gasteiger partial charge in [-0.25, -0.2) is 4.98 Å². The van der Waals surface area contributed by atoms with Gasteiger partial charge < -0.3 is 5.32 Å². The van der Waals surface area contributed by atoms with E-state index in [0.717, 1.165) is 22.7 Å². The molecule has 1 amide bonds. The first-order valence-corrected chi connectivity index (χ1v) is 9.26. The van der Waals surface area contributed by atoms with Gasteiger partial charge in [-0.3, -0.25) is 9.78 Å². The van der Waals surface area contributed by atoms with Crippen LogP contribution in [0.4, 0.5) is 0 Å². The van der Waals surface area contributed by atoms with Crippen LogP contribution in [0.2, 0.25) is 0 Å². The van der Waals surface area contributed by atoms with Crippen molar-refractivity contribution in [2.75, 3.05) is 6.54 Å². The second kappa shape index (κ2) is 8.53. The Labute approximate surface area is 152 Å². The number of carbonyl (C=O) groups excluding carboxylic acids is 1. The molecule has 0 bridgehead atoms. The molecule has 25 heavy (non-hydrogen) atoms. The fourth-order valence-corrected chi connectivity index (χ4v) is 3.45. The minimum atomic E-state index is 0.0751. The van der Waals surface area contributed by atoms with E-state index in [1.54, 1.807) is 23.7 Å². The highest BCUT2D eigenvalue weighted by atomic mass is 32.1. The molecular weight excluding hydrogens is 330 g/mol. The van der Waals surface area contributed by atoms with Gasteiger partial charge in [0.15, 0.2) is 0 Å². The zero-order valence-corrected chi connectivity index (χ0v) is 15.1. The van der Waals surface area contributed by atoms with Crippen molar-refractivity contribution in [3.8, 4) is 10.6 Å². The number of pyridine rings is 1. The third-order valence-electron chi connectivity index (χ3n) is 3.91. The van der Waals surface area contributed by atoms with Crippen LogP contribution in [0.5, 0.6) is 0 Å². The summed E-state index contributed by atoms with van der Waals surface area (Å²) >= 11 is 1.60. The average Bonchev–Trinajstić information content (AvgIpc) is 3.10. The van der Waals surface area contributed by atoms with Crippen molar-refractivity contribution in [1.82, 2.24) is 15.3 Å². The van der Waals surface area contributed by atoms with Gasteiger partial charge in [0.05, 0.1) is 5.69 Å². The molecule has 1 aromatic carbocycles. The van der Waals surface area contributed by atoms with Crippen LogP contribution >= 0.6 is 11.3 Å². The van der Waals surface area contributed by atoms with Gasteiger partial charge in [-0.1, -0.05) is 29.8 Å². The molecule has 128 valence electrons. The van der Waals surface area contributed by atoms with Gasteiger partial charge in [0, 0.05) is 36.3 Å². The van der Waals surface area contributed by atoms with Crippen LogP contribution < -0.4 is 5.32 Å². The number of nitrogens with one attached hydrogen (secondary N) is 1. The van der Waals surface area contributed by atoms with Crippen LogP contribution in [0.25, 0.3) is 10.6 Å². The van der Waals surface area contributed by atoms with E-state index in [1.807, 2.05) is 17.5 Å². The van der Waals surface area contributed by atoms with Crippen LogP contribution in [-0.2, 0) is 17.6 Å². The number of hydrogen-bond donors (Lipinski definition) is 1. The summed E-state index contributed by atoms with van der Waals surface area (Å²) < 4.78 is 0. The first-order chi connectivity index (χ1) is 12.2. The average molecular weight is 351 g/mol. The zero-order valence-electron chi connectivity index (χ0n) is 14.2. The van der Waals surface area contributed by atoms with Crippen LogP contribution in [0.15, 0.2) is 54.2 Å². The standard InChI is InChI=1S/C20H21N3OS/c1-15-3-2-4-16(13-15)7-12-22-19(24)6-5-18-14-25-20(23-18)17-8-10-21-11-9-17/h2-4,8-11,13-14H,5-7,12H2,1H3,(H,22,24). The van der Waals surface area contributed by atoms with E-state index in [0.29, 0.717) is 19.4 Å². The maximum Gasteiger partial charge on any atom is 0.220 e. The zero-order chi connectivity index (χ0) is 17.5. The summed E-state index contributed by atoms with van der Waals surface area (Å²) in [7, 11) is 0. The molecule has 0 unspecified atom stereocenters. The van der Waals surface area contributed by atoms with Crippen molar-refractivity contribution in [2.24, 2.45) is 0 Å². The first-order valence-electron chi connectivity index (χ1n) is 8.38. The van der Waals surface area contributed by atoms with E-state index >= 15 is 0 Å². The molecule has 3 aromatic rings. The fraction of sp³-hybridized carbons (Fsp3) is 0.250. The lowest BCUT2D eigenvalue weighted by atomic mass is 10.1. The predicted octanol–water partition coefficient (Wildman–Crippen LogP) is 3.81. The molecule has 2 aromatic heterocycles. The fourth-order valence-electron chi connectivity index (χ4n) is 2.59. The van der Waals surface area contributed by atoms with Crippen LogP contribution in [-0.4, -0.2) is 22.4 Å². The molecule has 1 N–H and O–H groups in total. The lowest BCUT2D eigenvalue weighted by Crippen LogP contribution is -2.25. The second-order valence-corrected chi connectivity index (χ2v) is 6.83. The highest BCUT2D eigenvalue weighted by molar-refractivity contribution is 7.13. The molecule has 0 fully saturated rings. The Kier molecular flexibility index (Phi) is 5.90. The summed E-state index contributed by atoms with van der Waals surface area (Å²) in [5.74, 6) is 0.0751. The van der Waals surface area contributed by atoms with Gasteiger partial charge in [0.25, 0.3) is 0 Å². The summed E-state index contributed by atoms with van der Waals surface area (Å²) in [5, 5.41) is 5.98. The Morgan fingerprint density at radius 1 is 1.16 bits per heavy atom. The van der Waals surface area contributed by atoms with Gasteiger partial charge in [-0.2, -0.15) is 0 Å². The number of amides is 1. The van der Waals surface area contributed by atoms with Crippen molar-refractivity contribution < 1.29 is 4.79 Å². The number of benzene rings is 1. The molecular formula is C20H21N3OS. The molecule has 0 radical (unpaired) electrons. The van der Waals surface area contributed by atoms with Gasteiger partial charge in [-0.15, -0.1) is 11.3 Å². The number of aryl methyl sites for hydroxylation is 2. The summed E-state index contributed by atoms with van der Waals surface area (Å²) in [6.07, 6.45) is 5.51. The summed E-state index contributed by atoms with van der Waals surface area (Å²) in [4.78, 5) is 20.6. The number of nitrogens with zero attached hydrogens (tertiary/aromatic N) is 2. The van der Waals surface area contributed by atoms with Crippen LogP contribution in [0.1, 0.15) is 23.2 Å². The maximum absolute atomic E-state index is 12.0. The predicted molar refractivity (Wildman–Crippen MR) is 102 cm³/mol. The van der Waals surface area contributed by atoms with Crippen molar-refractivity contribution in [2.45, 2.75) is 26.2 Å². The second-order valence-electron chi connectivity index (χ2n) is 5.97. The van der Waals surface area contributed by atoms with E-state index < -0.39 is 0 Å². The molecule has 0 saturated heterocycles. The molecule has 2 heterocycles. The Balaban J connectivity index is 1.43. The quantitative estimate of drug-likeness (QED) is 0.704. The van der Waals surface area contributed by atoms with Gasteiger partial charge in [0.1, 0.15) is 5.01 Å². The molecule has 0 atom stereocenters. The third kappa shape index (κ3) is 5.22. The molecule has 4 nitrogen and oxygen atoms in total. The largest absolute Gasteiger partial charge is 0.356 e. The molecule has 3 rings (SSSR count). The van der Waals surface area contributed by atoms with Crippen molar-refractivity contribution in [3.63, 3.8) is 0 Å². The number of rotatable bonds is 7. The highest BCUT2D eigenvalue weighted by Crippen LogP contribution is 2.23. The third-order valence-corrected chi connectivity index (χ3v) is 4.85. The number of thiazole rings is 1. The van der Waals surface area contributed by atoms with Crippen molar-refractivity contribution in [1.29, 1.82) is 0 Å². The number of aromatic nitrogens is 2. The van der Waals surface area contributed by atoms with Gasteiger partial charge in [0.2, 0.25) is 5.91 Å². The molecule has 0 saturated carbocycles. The minimum Gasteiger partial charge on any atom is -0.356 e. The number of hydrogen-bond acceptors (Lipinski definition) is 4. The topological polar surface area (TPSA) is 54.9 Å². The Morgan fingerprint density at radius 2 is 2.00 bits per heavy atom. The van der Waals surface area contributed by atoms with E-state index in [1.165, 1.54) is 11.1 Å². The number of carbonyl (C=O) groups is 1. The molecule has 5 heteroatoms. The van der Waals surface area contributed by atoms with Crippen LogP contribution in [0.3, 0.4) is 0 Å². The SMILES string of the molecule is Cc1cccc(CCNC(=O)CCc2csc(-c3ccncc3)n2)c1. The van der Waals surface area contributed by atoms with Gasteiger partial charge in [-0.05, 0) is 37.5 Å². The van der Waals surface area contributed by atoms with E-state index in [-0.39, 0.29) is 5.91 Å². The molecule has 0 spiro atoms. The summed E-state index contributed by atoms with van der Waals surface area (Å²) in [6, 6.07) is 12.3. The Morgan fingerprint density at radius 3 is 2.80 bits per heavy atom. The Bertz CT molecular complexity index is 830. The normalized spacial score (nSPS) is 10.6. The summed E-state index contributed by atoms with van der Waals surface area (Å²) in [5.41, 5.74) is 4.53. The van der Waals surface area contributed by atoms with Crippen LogP contribution in [0, 0.1) is 6.92 Å². The monoisotopic (exact) mass is 351 g/mol. The minimum absolute atomic E-state index is 0.0751. The van der Waals surface area contributed by atoms with Crippen molar-refractivity contribution in [3.05, 3.63) is 71.0 Å². The Hall–Kier alpha value is -2.53. The molecule has 0 aliphatic carbocycles. The maximum atomic E-state index is 12.0. The van der Waals surface area contributed by atoms with Crippen molar-refractivity contribution >= 4 is 17.2 Å². The molecule has 0 aliphatic heterocycles. The summed E-state index contributed by atoms with van der Waals surface area (Å²) in [6.45, 7) is 2.75. The molecule has 0 aliphatic rings. The van der Waals surface area contributed by atoms with E-state index in [4.69, 9.17) is 0 Å². The van der Waals surface area contributed by atoms with E-state index in [9.17, 15) is 4.79 Å². The lowest BCUT2D eigenvalue weighted by molar-refractivity contribution is -0.121.